The Kier molecular flexibility index (Phi) is 25.0. The Labute approximate surface area is 551 Å². The number of hydrogen-bond donors (Lipinski definition) is 0. The highest BCUT2D eigenvalue weighted by Gasteiger charge is 2.43. The number of aromatic nitrogens is 8. The molecule has 8 atom stereocenters. The van der Waals surface area contributed by atoms with Gasteiger partial charge in [0.15, 0.2) is 24.4 Å². The molecule has 7 rings (SSSR count). The number of carbonyl (C=O) groups is 8. The minimum Gasteiger partial charge on any atom is -0.451 e. The van der Waals surface area contributed by atoms with E-state index in [4.69, 9.17) is 18.9 Å². The third kappa shape index (κ3) is 19.0. The number of esters is 4. The number of likely N-dealkylation sites (N-methyl/N-ethyl adjacent to an activating group) is 4. The number of cyclic esters (lactones) is 4. The molecule has 4 amide bonds. The maximum atomic E-state index is 15.2. The lowest BCUT2D eigenvalue weighted by molar-refractivity contribution is -0.176. The fraction of sp³-hybridized carbons (Fsp3) is 0.514. The highest BCUT2D eigenvalue weighted by Crippen LogP contribution is 2.27. The molecule has 0 radical (unpaired) electrons. The van der Waals surface area contributed by atoms with Gasteiger partial charge in [-0.25, -0.2) is 39.1 Å². The zero-order chi connectivity index (χ0) is 68.8. The maximum absolute atomic E-state index is 15.2. The van der Waals surface area contributed by atoms with E-state index in [1.54, 1.807) is 84.7 Å². The summed E-state index contributed by atoms with van der Waals surface area (Å²) in [6.07, 6.45) is 3.99. The zero-order valence-electron chi connectivity index (χ0n) is 57.1. The lowest BCUT2D eigenvalue weighted by Gasteiger charge is -2.35. The average molecular weight is 1290 g/mol. The van der Waals surface area contributed by atoms with Crippen molar-refractivity contribution in [1.82, 2.24) is 59.1 Å². The Morgan fingerprint density at radius 1 is 0.383 bits per heavy atom. The van der Waals surface area contributed by atoms with Gasteiger partial charge in [0.2, 0.25) is 0 Å². The molecule has 1 aliphatic rings. The second-order valence-electron chi connectivity index (χ2n) is 26.2. The van der Waals surface area contributed by atoms with Gasteiger partial charge in [-0.1, -0.05) is 104 Å². The van der Waals surface area contributed by atoms with Crippen molar-refractivity contribution in [2.75, 3.05) is 28.2 Å². The van der Waals surface area contributed by atoms with Gasteiger partial charge in [0, 0.05) is 89.3 Å². The molecule has 24 nitrogen and oxygen atoms in total. The fourth-order valence-electron chi connectivity index (χ4n) is 11.3. The van der Waals surface area contributed by atoms with Crippen LogP contribution in [0.5, 0.6) is 0 Å². The van der Waals surface area contributed by atoms with E-state index < -0.39 is 96.1 Å². The normalized spacial score (nSPS) is 21.5. The number of nitrogens with zero attached hydrogens (tertiary/aromatic N) is 12. The van der Waals surface area contributed by atoms with Gasteiger partial charge in [0.1, 0.15) is 35.8 Å². The highest BCUT2D eigenvalue weighted by atomic mass is 16.6. The molecule has 0 aliphatic carbocycles. The van der Waals surface area contributed by atoms with E-state index in [0.717, 1.165) is 53.2 Å². The predicted molar refractivity (Wildman–Crippen MR) is 349 cm³/mol. The minimum absolute atomic E-state index is 0.0587. The molecule has 0 spiro atoms. The van der Waals surface area contributed by atoms with Gasteiger partial charge in [-0.05, 0) is 111 Å². The van der Waals surface area contributed by atoms with Crippen molar-refractivity contribution in [3.05, 3.63) is 132 Å². The van der Waals surface area contributed by atoms with E-state index in [2.05, 4.69) is 30.1 Å². The summed E-state index contributed by atoms with van der Waals surface area (Å²) in [7, 11) is 5.55. The maximum Gasteiger partial charge on any atom is 0.329 e. The van der Waals surface area contributed by atoms with Gasteiger partial charge in [-0.2, -0.15) is 10.2 Å². The Morgan fingerprint density at radius 3 is 0.936 bits per heavy atom. The molecular weight excluding hydrogens is 1200 g/mol. The number of amides is 4. The molecule has 24 heteroatoms. The van der Waals surface area contributed by atoms with E-state index in [9.17, 15) is 28.8 Å². The molecule has 5 heterocycles. The summed E-state index contributed by atoms with van der Waals surface area (Å²) in [6.45, 7) is 21.8. The molecule has 1 aliphatic heterocycles. The van der Waals surface area contributed by atoms with Crippen molar-refractivity contribution in [3.63, 3.8) is 0 Å². The zero-order valence-corrected chi connectivity index (χ0v) is 57.1. The van der Waals surface area contributed by atoms with Crippen LogP contribution in [0.3, 0.4) is 0 Å². The van der Waals surface area contributed by atoms with Crippen LogP contribution in [0.2, 0.25) is 0 Å². The van der Waals surface area contributed by atoms with Crippen molar-refractivity contribution in [3.8, 4) is 22.5 Å². The molecule has 0 unspecified atom stereocenters. The van der Waals surface area contributed by atoms with Crippen molar-refractivity contribution in [1.29, 1.82) is 0 Å². The molecule has 0 bridgehead atoms. The third-order valence-corrected chi connectivity index (χ3v) is 16.6. The van der Waals surface area contributed by atoms with E-state index in [1.807, 2.05) is 91.8 Å². The van der Waals surface area contributed by atoms with Gasteiger partial charge in [0.25, 0.3) is 23.6 Å². The summed E-state index contributed by atoms with van der Waals surface area (Å²) >= 11 is 0. The molecule has 6 aromatic rings. The monoisotopic (exact) mass is 1290 g/mol. The Morgan fingerprint density at radius 2 is 0.649 bits per heavy atom. The van der Waals surface area contributed by atoms with E-state index in [0.29, 0.717) is 35.9 Å². The standard InChI is InChI=1S/C70H92N12O12/c1-41(2)29-57-67(87)91-45(9)63(83)77(13)60(32-44(7)8)70(90)94-62(34-50-19-23-52(24-20-50)40-82-56(26-28-76-82)54-37-73-48(12)74-38-54)66(86)80(16)58(30-42(3)4)68(88)92-46(10)64(84)78(14)59(31-43(5)6)69(89)93-61(65(85)79(57)15)33-49-17-21-51(22-18-49)39-81-55(25-27-75-81)53-35-71-47(11)72-36-53/h17-28,35-38,41-46,57-62H,29-34,39-40H2,1-16H3/t45-,46-,57+,58+,59+,60+,61-,62-/m1/s1. The van der Waals surface area contributed by atoms with Crippen LogP contribution in [0.25, 0.3) is 22.5 Å². The van der Waals surface area contributed by atoms with E-state index >= 15 is 9.59 Å². The lowest BCUT2D eigenvalue weighted by atomic mass is 9.99. The molecule has 2 aromatic carbocycles. The van der Waals surface area contributed by atoms with Gasteiger partial charge in [-0.15, -0.1) is 0 Å². The second-order valence-corrected chi connectivity index (χ2v) is 26.2. The Hall–Kier alpha value is -9.22. The smallest absolute Gasteiger partial charge is 0.329 e. The third-order valence-electron chi connectivity index (χ3n) is 16.6. The number of ether oxygens (including phenoxy) is 4. The summed E-state index contributed by atoms with van der Waals surface area (Å²) in [6, 6.07) is 13.1. The lowest BCUT2D eigenvalue weighted by Crippen LogP contribution is -2.55. The van der Waals surface area contributed by atoms with Crippen molar-refractivity contribution >= 4 is 47.5 Å². The van der Waals surface area contributed by atoms with Crippen LogP contribution in [-0.2, 0) is 83.2 Å². The predicted octanol–water partition coefficient (Wildman–Crippen LogP) is 7.69. The molecule has 0 N–H and O–H groups in total. The first-order valence-corrected chi connectivity index (χ1v) is 32.2. The van der Waals surface area contributed by atoms with E-state index in [-0.39, 0.29) is 62.2 Å². The SMILES string of the molecule is Cc1ncc(-c2ccnn2Cc2ccc(C[C@H]3OC(=O)[C@H](CC(C)C)N(C)C(=O)[C@@H](C)OC(=O)[C@H](CC(C)C)N(C)C(=O)[C@@H](Cc4ccc(Cn5nccc5-c5cnc(C)nc5)cc4)OC(=O)[C@H](CC(C)C)N(C)C(=O)[C@@H](C)OC(=O)[C@H](CC(C)C)N(C)C3=O)cc2)cn1. The van der Waals surface area contributed by atoms with Crippen molar-refractivity contribution in [2.24, 2.45) is 23.7 Å². The summed E-state index contributed by atoms with van der Waals surface area (Å²) in [5.41, 5.74) is 6.04. The largest absolute Gasteiger partial charge is 0.451 e. The minimum atomic E-state index is -1.58. The summed E-state index contributed by atoms with van der Waals surface area (Å²) in [5, 5.41) is 9.05. The van der Waals surface area contributed by atoms with Gasteiger partial charge in [-0.3, -0.25) is 28.5 Å². The van der Waals surface area contributed by atoms with Gasteiger partial charge < -0.3 is 38.5 Å². The molecule has 504 valence electrons. The van der Waals surface area contributed by atoms with Crippen LogP contribution >= 0.6 is 0 Å². The number of benzene rings is 2. The fourth-order valence-corrected chi connectivity index (χ4v) is 11.3. The molecule has 1 fully saturated rings. The first kappa shape index (κ1) is 72.2. The number of hydrogen-bond acceptors (Lipinski definition) is 18. The Bertz CT molecular complexity index is 3320. The van der Waals surface area contributed by atoms with Crippen molar-refractivity contribution < 1.29 is 57.3 Å². The number of carbonyl (C=O) groups excluding carboxylic acids is 8. The van der Waals surface area contributed by atoms with Crippen LogP contribution < -0.4 is 0 Å². The topological polar surface area (TPSA) is 274 Å². The molecular formula is C70H92N12O12. The molecule has 94 heavy (non-hydrogen) atoms. The second kappa shape index (κ2) is 32.6. The van der Waals surface area contributed by atoms with Crippen LogP contribution in [0.4, 0.5) is 0 Å². The van der Waals surface area contributed by atoms with E-state index in [1.165, 1.54) is 42.0 Å². The summed E-state index contributed by atoms with van der Waals surface area (Å²) < 4.78 is 28.1. The van der Waals surface area contributed by atoms with Crippen LogP contribution in [0, 0.1) is 37.5 Å². The first-order chi connectivity index (χ1) is 44.5. The van der Waals surface area contributed by atoms with Crippen molar-refractivity contribution in [2.45, 2.75) is 183 Å². The highest BCUT2D eigenvalue weighted by molar-refractivity contribution is 5.94. The molecule has 1 saturated heterocycles. The quantitative estimate of drug-likeness (QED) is 0.0589. The van der Waals surface area contributed by atoms with Gasteiger partial charge in [0.05, 0.1) is 24.5 Å². The molecule has 0 saturated carbocycles. The molecule has 4 aromatic heterocycles. The first-order valence-electron chi connectivity index (χ1n) is 32.2. The summed E-state index contributed by atoms with van der Waals surface area (Å²) in [5.74, 6) is -6.43. The Balaban J connectivity index is 1.23. The van der Waals surface area contributed by atoms with Crippen LogP contribution in [-0.4, -0.2) is 183 Å². The van der Waals surface area contributed by atoms with Crippen LogP contribution in [0.15, 0.2) is 97.8 Å². The summed E-state index contributed by atoms with van der Waals surface area (Å²) in [4.78, 5) is 141. The average Bonchev–Trinajstić information content (AvgIpc) is 1.10. The number of aryl methyl sites for hydroxylation is 2. The van der Waals surface area contributed by atoms with Crippen LogP contribution in [0.1, 0.15) is 129 Å². The van der Waals surface area contributed by atoms with Gasteiger partial charge >= 0.3 is 23.9 Å². The number of rotatable bonds is 18.